The average Bonchev–Trinajstić information content (AvgIpc) is 2.54. The highest BCUT2D eigenvalue weighted by Gasteiger charge is 2.08. The van der Waals surface area contributed by atoms with E-state index < -0.39 is 0 Å². The molecule has 110 valence electrons. The van der Waals surface area contributed by atoms with Gasteiger partial charge in [0.1, 0.15) is 0 Å². The quantitative estimate of drug-likeness (QED) is 0.785. The van der Waals surface area contributed by atoms with Crippen LogP contribution in [-0.2, 0) is 11.2 Å². The van der Waals surface area contributed by atoms with E-state index in [0.717, 1.165) is 28.4 Å². The highest BCUT2D eigenvalue weighted by molar-refractivity contribution is 6.03. The minimum Gasteiger partial charge on any atom is -0.325 e. The molecule has 0 aliphatic rings. The van der Waals surface area contributed by atoms with Crippen molar-refractivity contribution >= 4 is 22.4 Å². The van der Waals surface area contributed by atoms with Crippen LogP contribution in [0.15, 0.2) is 60.9 Å². The summed E-state index contributed by atoms with van der Waals surface area (Å²) in [6.45, 7) is 2.01. The average molecular weight is 290 g/mol. The van der Waals surface area contributed by atoms with Crippen molar-refractivity contribution in [2.24, 2.45) is 0 Å². The van der Waals surface area contributed by atoms with Crippen molar-refractivity contribution in [1.82, 2.24) is 4.98 Å². The normalized spacial score (nSPS) is 10.6. The molecule has 3 aromatic rings. The number of carbonyl (C=O) groups is 1. The molecule has 3 rings (SSSR count). The lowest BCUT2D eigenvalue weighted by Gasteiger charge is -2.10. The minimum absolute atomic E-state index is 0.0348. The molecule has 1 aromatic heterocycles. The number of hydrogen-bond acceptors (Lipinski definition) is 2. The van der Waals surface area contributed by atoms with E-state index in [1.54, 1.807) is 0 Å². The summed E-state index contributed by atoms with van der Waals surface area (Å²) >= 11 is 0. The molecule has 0 fully saturated rings. The number of aryl methyl sites for hydroxylation is 2. The molecule has 0 aliphatic heterocycles. The van der Waals surface area contributed by atoms with Gasteiger partial charge in [0.15, 0.2) is 0 Å². The van der Waals surface area contributed by atoms with Gasteiger partial charge < -0.3 is 5.32 Å². The zero-order valence-corrected chi connectivity index (χ0v) is 12.5. The minimum atomic E-state index is 0.0348. The van der Waals surface area contributed by atoms with Crippen molar-refractivity contribution in [1.29, 1.82) is 0 Å². The molecule has 0 unspecified atom stereocenters. The van der Waals surface area contributed by atoms with Crippen LogP contribution in [0.1, 0.15) is 17.5 Å². The molecule has 0 saturated carbocycles. The number of nitrogens with zero attached hydrogens (tertiary/aromatic N) is 1. The van der Waals surface area contributed by atoms with E-state index in [2.05, 4.69) is 10.3 Å². The zero-order chi connectivity index (χ0) is 15.4. The summed E-state index contributed by atoms with van der Waals surface area (Å²) in [6, 6.07) is 15.9. The van der Waals surface area contributed by atoms with Gasteiger partial charge in [0, 0.05) is 35.3 Å². The Morgan fingerprint density at radius 3 is 2.68 bits per heavy atom. The molecule has 3 heteroatoms. The summed E-state index contributed by atoms with van der Waals surface area (Å²) in [5.41, 5.74) is 3.10. The Morgan fingerprint density at radius 2 is 1.86 bits per heavy atom. The Balaban J connectivity index is 1.74. The molecule has 1 amide bonds. The fraction of sp³-hybridized carbons (Fsp3) is 0.158. The number of benzene rings is 2. The fourth-order valence-corrected chi connectivity index (χ4v) is 2.63. The van der Waals surface area contributed by atoms with Crippen LogP contribution >= 0.6 is 0 Å². The van der Waals surface area contributed by atoms with E-state index in [0.29, 0.717) is 6.42 Å². The first-order chi connectivity index (χ1) is 10.7. The maximum Gasteiger partial charge on any atom is 0.224 e. The van der Waals surface area contributed by atoms with Crippen LogP contribution in [0.25, 0.3) is 10.8 Å². The Bertz CT molecular complexity index is 792. The molecule has 0 saturated heterocycles. The number of anilines is 1. The molecule has 0 aliphatic carbocycles. The standard InChI is InChI=1S/C19H18N2O/c1-14-12-20-13-16-8-5-9-17(19(14)16)21-18(22)11-10-15-6-3-2-4-7-15/h2-9,12-13H,10-11H2,1H3,(H,21,22). The van der Waals surface area contributed by atoms with Crippen LogP contribution < -0.4 is 5.32 Å². The van der Waals surface area contributed by atoms with Crippen LogP contribution in [0, 0.1) is 6.92 Å². The predicted molar refractivity (Wildman–Crippen MR) is 89.9 cm³/mol. The predicted octanol–water partition coefficient (Wildman–Crippen LogP) is 4.11. The van der Waals surface area contributed by atoms with Crippen LogP contribution in [0.3, 0.4) is 0 Å². The van der Waals surface area contributed by atoms with Gasteiger partial charge in [-0.1, -0.05) is 42.5 Å². The van der Waals surface area contributed by atoms with E-state index in [1.165, 1.54) is 5.56 Å². The number of aromatic nitrogens is 1. The van der Waals surface area contributed by atoms with Gasteiger partial charge in [-0.15, -0.1) is 0 Å². The third-order valence-electron chi connectivity index (χ3n) is 3.73. The van der Waals surface area contributed by atoms with Crippen molar-refractivity contribution < 1.29 is 4.79 Å². The summed E-state index contributed by atoms with van der Waals surface area (Å²) in [7, 11) is 0. The van der Waals surface area contributed by atoms with Gasteiger partial charge in [0.25, 0.3) is 0 Å². The van der Waals surface area contributed by atoms with Crippen LogP contribution in [0.4, 0.5) is 5.69 Å². The maximum absolute atomic E-state index is 12.2. The van der Waals surface area contributed by atoms with E-state index in [9.17, 15) is 4.79 Å². The topological polar surface area (TPSA) is 42.0 Å². The zero-order valence-electron chi connectivity index (χ0n) is 12.5. The Labute approximate surface area is 130 Å². The van der Waals surface area contributed by atoms with E-state index in [1.807, 2.05) is 67.8 Å². The first kappa shape index (κ1) is 14.3. The number of rotatable bonds is 4. The largest absolute Gasteiger partial charge is 0.325 e. The van der Waals surface area contributed by atoms with Gasteiger partial charge in [0.05, 0.1) is 0 Å². The fourth-order valence-electron chi connectivity index (χ4n) is 2.63. The second kappa shape index (κ2) is 6.39. The molecule has 1 N–H and O–H groups in total. The van der Waals surface area contributed by atoms with Crippen molar-refractivity contribution in [3.05, 3.63) is 72.1 Å². The molecule has 0 atom stereocenters. The molecule has 0 bridgehead atoms. The summed E-state index contributed by atoms with van der Waals surface area (Å²) in [6.07, 6.45) is 4.87. The molecular weight excluding hydrogens is 272 g/mol. The number of nitrogens with one attached hydrogen (secondary N) is 1. The van der Waals surface area contributed by atoms with Gasteiger partial charge in [-0.3, -0.25) is 9.78 Å². The smallest absolute Gasteiger partial charge is 0.224 e. The first-order valence-corrected chi connectivity index (χ1v) is 7.41. The van der Waals surface area contributed by atoms with Gasteiger partial charge in [-0.25, -0.2) is 0 Å². The SMILES string of the molecule is Cc1cncc2cccc(NC(=O)CCc3ccccc3)c12. The third-order valence-corrected chi connectivity index (χ3v) is 3.73. The van der Waals surface area contributed by atoms with Crippen molar-refractivity contribution in [2.75, 3.05) is 5.32 Å². The monoisotopic (exact) mass is 290 g/mol. The lowest BCUT2D eigenvalue weighted by atomic mass is 10.1. The summed E-state index contributed by atoms with van der Waals surface area (Å²) in [5, 5.41) is 5.13. The second-order valence-corrected chi connectivity index (χ2v) is 5.39. The molecule has 2 aromatic carbocycles. The van der Waals surface area contributed by atoms with E-state index in [4.69, 9.17) is 0 Å². The number of fused-ring (bicyclic) bond motifs is 1. The number of hydrogen-bond donors (Lipinski definition) is 1. The summed E-state index contributed by atoms with van der Waals surface area (Å²) < 4.78 is 0. The van der Waals surface area contributed by atoms with Crippen LogP contribution in [0.5, 0.6) is 0 Å². The lowest BCUT2D eigenvalue weighted by molar-refractivity contribution is -0.116. The lowest BCUT2D eigenvalue weighted by Crippen LogP contribution is -2.12. The highest BCUT2D eigenvalue weighted by Crippen LogP contribution is 2.25. The summed E-state index contributed by atoms with van der Waals surface area (Å²) in [5.74, 6) is 0.0348. The Morgan fingerprint density at radius 1 is 1.05 bits per heavy atom. The molecule has 22 heavy (non-hydrogen) atoms. The Hall–Kier alpha value is -2.68. The molecule has 0 spiro atoms. The molecule has 0 radical (unpaired) electrons. The number of pyridine rings is 1. The maximum atomic E-state index is 12.2. The van der Waals surface area contributed by atoms with Crippen LogP contribution in [-0.4, -0.2) is 10.9 Å². The first-order valence-electron chi connectivity index (χ1n) is 7.41. The van der Waals surface area contributed by atoms with Gasteiger partial charge in [0.2, 0.25) is 5.91 Å². The highest BCUT2D eigenvalue weighted by atomic mass is 16.1. The third kappa shape index (κ3) is 3.14. The van der Waals surface area contributed by atoms with Crippen LogP contribution in [0.2, 0.25) is 0 Å². The molecular formula is C19H18N2O. The van der Waals surface area contributed by atoms with E-state index in [-0.39, 0.29) is 5.91 Å². The second-order valence-electron chi connectivity index (χ2n) is 5.39. The van der Waals surface area contributed by atoms with Gasteiger partial charge in [-0.2, -0.15) is 0 Å². The van der Waals surface area contributed by atoms with E-state index >= 15 is 0 Å². The van der Waals surface area contributed by atoms with Crippen molar-refractivity contribution in [2.45, 2.75) is 19.8 Å². The van der Waals surface area contributed by atoms with Gasteiger partial charge >= 0.3 is 0 Å². The number of carbonyl (C=O) groups excluding carboxylic acids is 1. The number of amides is 1. The van der Waals surface area contributed by atoms with Crippen molar-refractivity contribution in [3.8, 4) is 0 Å². The summed E-state index contributed by atoms with van der Waals surface area (Å²) in [4.78, 5) is 16.4. The van der Waals surface area contributed by atoms with Crippen molar-refractivity contribution in [3.63, 3.8) is 0 Å². The molecule has 1 heterocycles. The van der Waals surface area contributed by atoms with Gasteiger partial charge in [-0.05, 0) is 30.5 Å². The Kier molecular flexibility index (Phi) is 4.15. The molecule has 3 nitrogen and oxygen atoms in total.